The van der Waals surface area contributed by atoms with Crippen LogP contribution < -0.4 is 15.0 Å². The molecule has 1 fully saturated rings. The number of ether oxygens (including phenoxy) is 1. The molecular weight excluding hydrogens is 406 g/mol. The smallest absolute Gasteiger partial charge is 0.245 e. The van der Waals surface area contributed by atoms with Crippen molar-refractivity contribution in [3.05, 3.63) is 36.8 Å². The van der Waals surface area contributed by atoms with Gasteiger partial charge in [-0.1, -0.05) is 0 Å². The maximum atomic E-state index is 10.6. The van der Waals surface area contributed by atoms with E-state index < -0.39 is 0 Å². The van der Waals surface area contributed by atoms with Gasteiger partial charge in [-0.15, -0.1) is 10.2 Å². The fourth-order valence-electron chi connectivity index (χ4n) is 4.69. The van der Waals surface area contributed by atoms with Gasteiger partial charge in [0.1, 0.15) is 11.4 Å². The molecule has 0 aliphatic carbocycles. The summed E-state index contributed by atoms with van der Waals surface area (Å²) in [6, 6.07) is 5.56. The number of benzene rings is 1. The van der Waals surface area contributed by atoms with Gasteiger partial charge in [-0.05, 0) is 52.7 Å². The predicted octanol–water partition coefficient (Wildman–Crippen LogP) is 3.18. The summed E-state index contributed by atoms with van der Waals surface area (Å²) in [7, 11) is 3.60. The van der Waals surface area contributed by atoms with E-state index in [0.29, 0.717) is 34.7 Å². The summed E-state index contributed by atoms with van der Waals surface area (Å²) < 4.78 is 6.79. The van der Waals surface area contributed by atoms with Crippen LogP contribution in [0.2, 0.25) is 0 Å². The molecule has 0 amide bonds. The number of phenolic OH excluding ortho intramolecular Hbond substituents is 1. The lowest BCUT2D eigenvalue weighted by Crippen LogP contribution is -2.62. The monoisotopic (exact) mass is 437 g/mol. The van der Waals surface area contributed by atoms with Gasteiger partial charge < -0.3 is 20.1 Å². The predicted molar refractivity (Wildman–Crippen MR) is 123 cm³/mol. The number of rotatable bonds is 5. The van der Waals surface area contributed by atoms with Crippen molar-refractivity contribution in [1.29, 1.82) is 0 Å². The summed E-state index contributed by atoms with van der Waals surface area (Å²) in [6.45, 7) is 8.90. The van der Waals surface area contributed by atoms with Gasteiger partial charge in [0.05, 0.1) is 31.4 Å². The minimum atomic E-state index is 0.0280. The van der Waals surface area contributed by atoms with Crippen LogP contribution in [-0.2, 0) is 0 Å². The van der Waals surface area contributed by atoms with Crippen molar-refractivity contribution < 1.29 is 9.84 Å². The van der Waals surface area contributed by atoms with Gasteiger partial charge in [-0.25, -0.2) is 9.67 Å². The van der Waals surface area contributed by atoms with Crippen molar-refractivity contribution in [3.63, 3.8) is 0 Å². The Kier molecular flexibility index (Phi) is 5.54. The summed E-state index contributed by atoms with van der Waals surface area (Å²) in [5.41, 5.74) is 1.84. The first-order valence-corrected chi connectivity index (χ1v) is 10.7. The molecule has 0 saturated carbocycles. The van der Waals surface area contributed by atoms with Crippen LogP contribution in [0.3, 0.4) is 0 Å². The van der Waals surface area contributed by atoms with Crippen LogP contribution in [0.25, 0.3) is 16.9 Å². The number of nitrogens with one attached hydrogen (secondary N) is 1. The molecule has 3 aromatic rings. The van der Waals surface area contributed by atoms with Gasteiger partial charge in [0, 0.05) is 35.8 Å². The molecule has 2 aromatic heterocycles. The van der Waals surface area contributed by atoms with E-state index in [1.54, 1.807) is 42.5 Å². The first-order valence-electron chi connectivity index (χ1n) is 10.7. The topological polar surface area (TPSA) is 101 Å². The van der Waals surface area contributed by atoms with Gasteiger partial charge >= 0.3 is 0 Å². The van der Waals surface area contributed by atoms with Gasteiger partial charge in [0.2, 0.25) is 5.95 Å². The van der Waals surface area contributed by atoms with Gasteiger partial charge in [-0.2, -0.15) is 5.10 Å². The van der Waals surface area contributed by atoms with Gasteiger partial charge in [0.15, 0.2) is 5.75 Å². The maximum absolute atomic E-state index is 10.6. The zero-order chi connectivity index (χ0) is 23.1. The van der Waals surface area contributed by atoms with E-state index in [2.05, 4.69) is 58.2 Å². The van der Waals surface area contributed by atoms with Crippen molar-refractivity contribution in [2.24, 2.45) is 0 Å². The number of aromatic nitrogens is 5. The third-order valence-electron chi connectivity index (χ3n) is 5.90. The lowest BCUT2D eigenvalue weighted by molar-refractivity contribution is 0.160. The second kappa shape index (κ2) is 8.05. The van der Waals surface area contributed by atoms with Crippen LogP contribution in [0.4, 0.5) is 5.95 Å². The summed E-state index contributed by atoms with van der Waals surface area (Å²) >= 11 is 0. The first kappa shape index (κ1) is 22.0. The van der Waals surface area contributed by atoms with Gasteiger partial charge in [-0.3, -0.25) is 0 Å². The fraction of sp³-hybridized carbons (Fsp3) is 0.478. The largest absolute Gasteiger partial charge is 0.507 e. The average molecular weight is 438 g/mol. The summed E-state index contributed by atoms with van der Waals surface area (Å²) in [6.07, 6.45) is 6.98. The molecule has 0 unspecified atom stereocenters. The van der Waals surface area contributed by atoms with E-state index in [1.165, 1.54) is 0 Å². The van der Waals surface area contributed by atoms with E-state index >= 15 is 0 Å². The highest BCUT2D eigenvalue weighted by atomic mass is 16.5. The molecule has 1 aliphatic rings. The van der Waals surface area contributed by atoms with Crippen molar-refractivity contribution in [2.45, 2.75) is 57.7 Å². The van der Waals surface area contributed by atoms with Crippen molar-refractivity contribution in [2.75, 3.05) is 19.1 Å². The lowest BCUT2D eigenvalue weighted by atomic mass is 9.79. The van der Waals surface area contributed by atoms with E-state index in [0.717, 1.165) is 12.8 Å². The van der Waals surface area contributed by atoms with Crippen molar-refractivity contribution in [3.8, 4) is 28.4 Å². The molecule has 1 aromatic carbocycles. The summed E-state index contributed by atoms with van der Waals surface area (Å²) in [5.74, 6) is 1.30. The highest BCUT2D eigenvalue weighted by molar-refractivity contribution is 5.68. The molecule has 1 aliphatic heterocycles. The number of methoxy groups -OCH3 is 1. The van der Waals surface area contributed by atoms with Crippen LogP contribution in [0.15, 0.2) is 36.8 Å². The SMILES string of the molecule is COc1cnn(-c2ccc(-c3cnc(N(C)C4CC(C)(C)NC(C)(C)C4)nn3)c(O)c2)c1. The van der Waals surface area contributed by atoms with Crippen molar-refractivity contribution in [1.82, 2.24) is 30.3 Å². The molecule has 0 radical (unpaired) electrons. The molecule has 170 valence electrons. The Balaban J connectivity index is 1.53. The third kappa shape index (κ3) is 4.52. The standard InChI is InChI=1S/C23H31N7O2/c1-22(2)10-16(11-23(3,4)28-22)29(5)21-24-13-19(26-27-21)18-8-7-15(9-20(18)31)30-14-17(32-6)12-25-30/h7-9,12-14,16,28,31H,10-11H2,1-6H3. The van der Waals surface area contributed by atoms with E-state index in [9.17, 15) is 5.11 Å². The summed E-state index contributed by atoms with van der Waals surface area (Å²) in [5, 5.41) is 27.2. The number of aromatic hydroxyl groups is 1. The molecule has 0 atom stereocenters. The number of anilines is 1. The second-order valence-corrected chi connectivity index (χ2v) is 9.74. The second-order valence-electron chi connectivity index (χ2n) is 9.74. The molecule has 0 spiro atoms. The highest BCUT2D eigenvalue weighted by Crippen LogP contribution is 2.33. The fourth-order valence-corrected chi connectivity index (χ4v) is 4.69. The zero-order valence-corrected chi connectivity index (χ0v) is 19.5. The average Bonchev–Trinajstić information content (AvgIpc) is 3.20. The normalized spacial score (nSPS) is 17.8. The van der Waals surface area contributed by atoms with Crippen LogP contribution in [0.5, 0.6) is 11.5 Å². The molecule has 9 heteroatoms. The maximum Gasteiger partial charge on any atom is 0.245 e. The number of piperidine rings is 1. The van der Waals surface area contributed by atoms with E-state index in [-0.39, 0.29) is 16.8 Å². The molecular formula is C23H31N7O2. The Morgan fingerprint density at radius 2 is 1.84 bits per heavy atom. The minimum Gasteiger partial charge on any atom is -0.507 e. The Morgan fingerprint density at radius 1 is 1.12 bits per heavy atom. The molecule has 4 rings (SSSR count). The minimum absolute atomic E-state index is 0.0280. The van der Waals surface area contributed by atoms with Crippen molar-refractivity contribution >= 4 is 5.95 Å². The molecule has 1 saturated heterocycles. The van der Waals surface area contributed by atoms with Gasteiger partial charge in [0.25, 0.3) is 0 Å². The van der Waals surface area contributed by atoms with Crippen LogP contribution in [0.1, 0.15) is 40.5 Å². The Hall–Kier alpha value is -3.20. The van der Waals surface area contributed by atoms with Crippen LogP contribution in [-0.4, -0.2) is 61.3 Å². The molecule has 3 heterocycles. The van der Waals surface area contributed by atoms with Crippen LogP contribution in [0, 0.1) is 0 Å². The Labute approximate surface area is 188 Å². The summed E-state index contributed by atoms with van der Waals surface area (Å²) in [4.78, 5) is 6.65. The number of hydrogen-bond acceptors (Lipinski definition) is 8. The number of hydrogen-bond donors (Lipinski definition) is 2. The zero-order valence-electron chi connectivity index (χ0n) is 19.5. The molecule has 9 nitrogen and oxygen atoms in total. The Morgan fingerprint density at radius 3 is 2.41 bits per heavy atom. The van der Waals surface area contributed by atoms with E-state index in [1.807, 2.05) is 13.1 Å². The molecule has 32 heavy (non-hydrogen) atoms. The van der Waals surface area contributed by atoms with E-state index in [4.69, 9.17) is 4.74 Å². The number of nitrogens with zero attached hydrogens (tertiary/aromatic N) is 6. The number of phenols is 1. The lowest BCUT2D eigenvalue weighted by Gasteiger charge is -2.48. The first-order chi connectivity index (χ1) is 15.1. The molecule has 2 N–H and O–H groups in total. The Bertz CT molecular complexity index is 1080. The van der Waals surface area contributed by atoms with Crippen LogP contribution >= 0.6 is 0 Å². The quantitative estimate of drug-likeness (QED) is 0.628. The highest BCUT2D eigenvalue weighted by Gasteiger charge is 2.39. The third-order valence-corrected chi connectivity index (χ3v) is 5.90. The molecule has 0 bridgehead atoms.